The van der Waals surface area contributed by atoms with Crippen molar-refractivity contribution in [2.75, 3.05) is 13.2 Å². The summed E-state index contributed by atoms with van der Waals surface area (Å²) in [7, 11) is 0. The summed E-state index contributed by atoms with van der Waals surface area (Å²) in [5.41, 5.74) is 4.66. The monoisotopic (exact) mass is 368 g/mol. The number of hydrogen-bond donors (Lipinski definition) is 5. The zero-order chi connectivity index (χ0) is 19.0. The number of aliphatic hydroxyl groups is 3. The Morgan fingerprint density at radius 2 is 1.48 bits per heavy atom. The van der Waals surface area contributed by atoms with Crippen LogP contribution in [-0.4, -0.2) is 58.7 Å². The molecule has 1 amide bonds. The molecule has 142 valence electrons. The molecule has 0 bridgehead atoms. The van der Waals surface area contributed by atoms with E-state index in [0.717, 1.165) is 11.1 Å². The maximum atomic E-state index is 12.6. The number of nitrogens with one attached hydrogen (secondary N) is 2. The topological polar surface area (TPSA) is 102 Å². The summed E-state index contributed by atoms with van der Waals surface area (Å²) in [4.78, 5) is 12.6. The average molecular weight is 368 g/mol. The van der Waals surface area contributed by atoms with Gasteiger partial charge in [0.05, 0.1) is 30.9 Å². The van der Waals surface area contributed by atoms with E-state index >= 15 is 0 Å². The SMILES string of the molecule is O=C(CC1c2ccccc2-c2ccccc21)NC[C@H]1N[C@H](CO)[C@H](O)[C@@H]1O. The van der Waals surface area contributed by atoms with Crippen molar-refractivity contribution >= 4 is 5.91 Å². The first-order valence-corrected chi connectivity index (χ1v) is 9.28. The molecule has 2 aromatic carbocycles. The molecule has 1 heterocycles. The lowest BCUT2D eigenvalue weighted by Crippen LogP contribution is -2.44. The average Bonchev–Trinajstić information content (AvgIpc) is 3.16. The zero-order valence-electron chi connectivity index (χ0n) is 14.9. The van der Waals surface area contributed by atoms with Gasteiger partial charge in [0.25, 0.3) is 0 Å². The molecule has 0 saturated carbocycles. The van der Waals surface area contributed by atoms with Crippen molar-refractivity contribution in [1.82, 2.24) is 10.6 Å². The summed E-state index contributed by atoms with van der Waals surface area (Å²) in [5.74, 6) is -0.0999. The van der Waals surface area contributed by atoms with Crippen molar-refractivity contribution in [1.29, 1.82) is 0 Å². The van der Waals surface area contributed by atoms with E-state index in [0.29, 0.717) is 6.42 Å². The van der Waals surface area contributed by atoms with Gasteiger partial charge in [-0.3, -0.25) is 4.79 Å². The van der Waals surface area contributed by atoms with Gasteiger partial charge in [-0.2, -0.15) is 0 Å². The quantitative estimate of drug-likeness (QED) is 0.525. The van der Waals surface area contributed by atoms with E-state index in [1.54, 1.807) is 0 Å². The molecule has 6 heteroatoms. The van der Waals surface area contributed by atoms with E-state index < -0.39 is 24.3 Å². The second-order valence-corrected chi connectivity index (χ2v) is 7.28. The van der Waals surface area contributed by atoms with Crippen LogP contribution in [0.4, 0.5) is 0 Å². The summed E-state index contributed by atoms with van der Waals surface area (Å²) in [6, 6.07) is 15.2. The molecule has 2 aliphatic rings. The fourth-order valence-electron chi connectivity index (χ4n) is 4.25. The highest BCUT2D eigenvalue weighted by molar-refractivity contribution is 5.84. The molecule has 1 aliphatic heterocycles. The van der Waals surface area contributed by atoms with Gasteiger partial charge in [-0.1, -0.05) is 48.5 Å². The molecule has 5 N–H and O–H groups in total. The Morgan fingerprint density at radius 3 is 2.04 bits per heavy atom. The molecule has 2 aromatic rings. The molecule has 4 atom stereocenters. The molecule has 0 radical (unpaired) electrons. The maximum Gasteiger partial charge on any atom is 0.221 e. The molecular weight excluding hydrogens is 344 g/mol. The van der Waals surface area contributed by atoms with Crippen molar-refractivity contribution in [3.8, 4) is 11.1 Å². The lowest BCUT2D eigenvalue weighted by atomic mass is 9.93. The Kier molecular flexibility index (Phi) is 4.97. The molecule has 4 rings (SSSR count). The maximum absolute atomic E-state index is 12.6. The van der Waals surface area contributed by atoms with Crippen LogP contribution >= 0.6 is 0 Å². The van der Waals surface area contributed by atoms with Crippen LogP contribution in [0.2, 0.25) is 0 Å². The van der Waals surface area contributed by atoms with E-state index in [-0.39, 0.29) is 25.0 Å². The summed E-state index contributed by atoms with van der Waals surface area (Å²) in [6.45, 7) is -0.0676. The van der Waals surface area contributed by atoms with Gasteiger partial charge in [0.15, 0.2) is 0 Å². The van der Waals surface area contributed by atoms with Crippen molar-refractivity contribution in [3.63, 3.8) is 0 Å². The summed E-state index contributed by atoms with van der Waals surface area (Å²) in [6.07, 6.45) is -1.73. The van der Waals surface area contributed by atoms with Gasteiger partial charge in [-0.15, -0.1) is 0 Å². The lowest BCUT2D eigenvalue weighted by molar-refractivity contribution is -0.121. The first-order valence-electron chi connectivity index (χ1n) is 9.28. The van der Waals surface area contributed by atoms with Gasteiger partial charge in [-0.25, -0.2) is 0 Å². The van der Waals surface area contributed by atoms with Crippen LogP contribution in [0.1, 0.15) is 23.5 Å². The first-order chi connectivity index (χ1) is 13.1. The number of benzene rings is 2. The normalized spacial score (nSPS) is 26.6. The Labute approximate surface area is 157 Å². The van der Waals surface area contributed by atoms with Crippen LogP contribution in [0.3, 0.4) is 0 Å². The van der Waals surface area contributed by atoms with E-state index in [4.69, 9.17) is 0 Å². The van der Waals surface area contributed by atoms with Crippen LogP contribution in [-0.2, 0) is 4.79 Å². The van der Waals surface area contributed by atoms with Gasteiger partial charge in [-0.05, 0) is 22.3 Å². The second-order valence-electron chi connectivity index (χ2n) is 7.28. The number of rotatable bonds is 5. The minimum Gasteiger partial charge on any atom is -0.395 e. The van der Waals surface area contributed by atoms with Crippen LogP contribution in [0.5, 0.6) is 0 Å². The minimum atomic E-state index is -1.04. The highest BCUT2D eigenvalue weighted by Gasteiger charge is 2.40. The summed E-state index contributed by atoms with van der Waals surface area (Å²) < 4.78 is 0. The molecule has 0 aromatic heterocycles. The minimum absolute atomic E-state index is 0.00893. The molecule has 27 heavy (non-hydrogen) atoms. The largest absolute Gasteiger partial charge is 0.395 e. The van der Waals surface area contributed by atoms with Gasteiger partial charge >= 0.3 is 0 Å². The molecule has 1 saturated heterocycles. The van der Waals surface area contributed by atoms with Crippen molar-refractivity contribution < 1.29 is 20.1 Å². The van der Waals surface area contributed by atoms with E-state index in [9.17, 15) is 20.1 Å². The predicted octanol–water partition coefficient (Wildman–Crippen LogP) is 0.360. The van der Waals surface area contributed by atoms with Crippen LogP contribution < -0.4 is 10.6 Å². The van der Waals surface area contributed by atoms with E-state index in [2.05, 4.69) is 34.9 Å². The van der Waals surface area contributed by atoms with Gasteiger partial charge in [0, 0.05) is 18.9 Å². The number of carbonyl (C=O) groups excluding carboxylic acids is 1. The Balaban J connectivity index is 1.43. The third kappa shape index (κ3) is 3.26. The number of amides is 1. The van der Waals surface area contributed by atoms with E-state index in [1.165, 1.54) is 11.1 Å². The molecule has 1 fully saturated rings. The van der Waals surface area contributed by atoms with Crippen molar-refractivity contribution in [2.24, 2.45) is 0 Å². The number of carbonyl (C=O) groups is 1. The summed E-state index contributed by atoms with van der Waals surface area (Å²) >= 11 is 0. The van der Waals surface area contributed by atoms with Gasteiger partial charge in [0.2, 0.25) is 5.91 Å². The molecule has 0 spiro atoms. The first kappa shape index (κ1) is 18.1. The highest BCUT2D eigenvalue weighted by atomic mass is 16.3. The second kappa shape index (κ2) is 7.40. The van der Waals surface area contributed by atoms with Crippen LogP contribution in [0, 0.1) is 0 Å². The van der Waals surface area contributed by atoms with E-state index in [1.807, 2.05) is 24.3 Å². The summed E-state index contributed by atoms with van der Waals surface area (Å²) in [5, 5.41) is 34.9. The molecule has 6 nitrogen and oxygen atoms in total. The fourth-order valence-corrected chi connectivity index (χ4v) is 4.25. The zero-order valence-corrected chi connectivity index (χ0v) is 14.9. The van der Waals surface area contributed by atoms with Crippen molar-refractivity contribution in [3.05, 3.63) is 59.7 Å². The third-order valence-corrected chi connectivity index (χ3v) is 5.67. The van der Waals surface area contributed by atoms with Crippen LogP contribution in [0.15, 0.2) is 48.5 Å². The smallest absolute Gasteiger partial charge is 0.221 e. The Hall–Kier alpha value is -2.25. The molecule has 0 unspecified atom stereocenters. The molecular formula is C21H24N2O4. The molecule has 1 aliphatic carbocycles. The fraction of sp³-hybridized carbons (Fsp3) is 0.381. The highest BCUT2D eigenvalue weighted by Crippen LogP contribution is 2.45. The van der Waals surface area contributed by atoms with Crippen molar-refractivity contribution in [2.45, 2.75) is 36.6 Å². The Morgan fingerprint density at radius 1 is 0.926 bits per heavy atom. The standard InChI is InChI=1S/C21H24N2O4/c24-11-18-21(27)20(26)17(23-18)10-22-19(25)9-16-14-7-3-1-5-12(14)13-6-2-4-8-15(13)16/h1-8,16-18,20-21,23-24,26-27H,9-11H2,(H,22,25)/t17-,18-,20-,21+/m1/s1. The van der Waals surface area contributed by atoms with Gasteiger partial charge < -0.3 is 26.0 Å². The number of fused-ring (bicyclic) bond motifs is 3. The number of hydrogen-bond acceptors (Lipinski definition) is 5. The van der Waals surface area contributed by atoms with Crippen LogP contribution in [0.25, 0.3) is 11.1 Å². The predicted molar refractivity (Wildman–Crippen MR) is 101 cm³/mol. The lowest BCUT2D eigenvalue weighted by Gasteiger charge is -2.18. The van der Waals surface area contributed by atoms with Gasteiger partial charge in [0.1, 0.15) is 0 Å². The Bertz CT molecular complexity index is 795. The third-order valence-electron chi connectivity index (χ3n) is 5.67. The number of aliphatic hydroxyl groups excluding tert-OH is 3.